The van der Waals surface area contributed by atoms with Gasteiger partial charge in [0.15, 0.2) is 12.7 Å². The first kappa shape index (κ1) is 30.3. The number of primary amides is 1. The van der Waals surface area contributed by atoms with E-state index in [2.05, 4.69) is 15.4 Å². The van der Waals surface area contributed by atoms with Gasteiger partial charge in [0.2, 0.25) is 0 Å². The van der Waals surface area contributed by atoms with Crippen molar-refractivity contribution in [3.05, 3.63) is 21.8 Å². The van der Waals surface area contributed by atoms with Crippen LogP contribution in [0.4, 0.5) is 5.69 Å². The van der Waals surface area contributed by atoms with Crippen molar-refractivity contribution >= 4 is 109 Å². The zero-order valence-electron chi connectivity index (χ0n) is 18.1. The van der Waals surface area contributed by atoms with E-state index in [9.17, 15) is 28.8 Å². The molecule has 0 aliphatic rings. The summed E-state index contributed by atoms with van der Waals surface area (Å²) in [6.07, 6.45) is -0.956. The SMILES string of the molecule is CC(=O)OCC(=O)Nc1c(I)c(C(N)=O)c(I)c(C(=O)NCC(COC(C)=O)OC(C)=O)c1I. The van der Waals surface area contributed by atoms with Gasteiger partial charge in [-0.15, -0.1) is 0 Å². The molecule has 3 amide bonds. The maximum absolute atomic E-state index is 13.0. The Morgan fingerprint density at radius 1 is 0.853 bits per heavy atom. The highest BCUT2D eigenvalue weighted by molar-refractivity contribution is 14.1. The third-order valence-electron chi connectivity index (χ3n) is 3.76. The normalized spacial score (nSPS) is 11.1. The molecular weight excluding hydrogens is 795 g/mol. The number of halogens is 3. The molecular formula is C19H20I3N3O9. The minimum atomic E-state index is -0.956. The molecule has 0 bridgehead atoms. The lowest BCUT2D eigenvalue weighted by molar-refractivity contribution is -0.155. The van der Waals surface area contributed by atoms with Crippen LogP contribution >= 0.6 is 67.8 Å². The fourth-order valence-corrected chi connectivity index (χ4v) is 6.86. The maximum atomic E-state index is 13.0. The summed E-state index contributed by atoms with van der Waals surface area (Å²) < 4.78 is 15.4. The van der Waals surface area contributed by atoms with E-state index in [4.69, 9.17) is 15.2 Å². The topological polar surface area (TPSA) is 180 Å². The van der Waals surface area contributed by atoms with Crippen molar-refractivity contribution in [2.45, 2.75) is 26.9 Å². The summed E-state index contributed by atoms with van der Waals surface area (Å²) in [5.41, 5.74) is 5.68. The number of nitrogens with one attached hydrogen (secondary N) is 2. The Labute approximate surface area is 235 Å². The van der Waals surface area contributed by atoms with Gasteiger partial charge in [0, 0.05) is 24.3 Å². The summed E-state index contributed by atoms with van der Waals surface area (Å²) in [7, 11) is 0. The largest absolute Gasteiger partial charge is 0.462 e. The molecule has 12 nitrogen and oxygen atoms in total. The number of carbonyl (C=O) groups excluding carboxylic acids is 6. The fraction of sp³-hybridized carbons (Fsp3) is 0.368. The molecule has 0 saturated heterocycles. The van der Waals surface area contributed by atoms with Crippen molar-refractivity contribution in [3.63, 3.8) is 0 Å². The molecule has 0 aliphatic heterocycles. The van der Waals surface area contributed by atoms with Gasteiger partial charge in [-0.05, 0) is 67.8 Å². The molecule has 15 heteroatoms. The second-order valence-corrected chi connectivity index (χ2v) is 9.74. The van der Waals surface area contributed by atoms with Crippen LogP contribution in [-0.4, -0.2) is 61.5 Å². The predicted octanol–water partition coefficient (Wildman–Crippen LogP) is 1.33. The molecule has 1 atom stereocenters. The van der Waals surface area contributed by atoms with Crippen LogP contribution in [0.15, 0.2) is 0 Å². The molecule has 1 aromatic rings. The van der Waals surface area contributed by atoms with Gasteiger partial charge in [-0.3, -0.25) is 28.8 Å². The van der Waals surface area contributed by atoms with E-state index in [1.807, 2.05) is 45.2 Å². The van der Waals surface area contributed by atoms with Crippen LogP contribution in [0.25, 0.3) is 0 Å². The number of hydrogen-bond donors (Lipinski definition) is 3. The Morgan fingerprint density at radius 3 is 1.91 bits per heavy atom. The van der Waals surface area contributed by atoms with Crippen molar-refractivity contribution in [2.75, 3.05) is 25.1 Å². The first-order chi connectivity index (χ1) is 15.8. The highest BCUT2D eigenvalue weighted by atomic mass is 127. The standard InChI is InChI=1S/C19H20I3N3O9/c1-7(26)32-5-10(34-9(3)28)4-24-19(31)13-14(20)12(18(23)30)15(21)17(16(13)22)25-11(29)6-33-8(2)27/h10H,4-6H2,1-3H3,(H2,23,30)(H,24,31)(H,25,29). The number of benzene rings is 1. The van der Waals surface area contributed by atoms with Gasteiger partial charge in [-0.2, -0.15) is 0 Å². The summed E-state index contributed by atoms with van der Waals surface area (Å²) in [5, 5.41) is 5.09. The van der Waals surface area contributed by atoms with E-state index in [0.29, 0.717) is 3.57 Å². The molecule has 1 aromatic carbocycles. The lowest BCUT2D eigenvalue weighted by atomic mass is 10.1. The molecule has 34 heavy (non-hydrogen) atoms. The maximum Gasteiger partial charge on any atom is 0.303 e. The number of hydrogen-bond acceptors (Lipinski definition) is 9. The number of ether oxygens (including phenoxy) is 3. The second-order valence-electron chi connectivity index (χ2n) is 6.50. The molecule has 4 N–H and O–H groups in total. The highest BCUT2D eigenvalue weighted by Gasteiger charge is 2.28. The van der Waals surface area contributed by atoms with Crippen LogP contribution in [0.1, 0.15) is 41.5 Å². The number of anilines is 1. The van der Waals surface area contributed by atoms with Gasteiger partial charge in [0.05, 0.1) is 30.5 Å². The zero-order chi connectivity index (χ0) is 26.2. The lowest BCUT2D eigenvalue weighted by Crippen LogP contribution is -2.38. The Morgan fingerprint density at radius 2 is 1.41 bits per heavy atom. The fourth-order valence-electron chi connectivity index (χ4n) is 2.41. The Kier molecular flexibility index (Phi) is 12.4. The summed E-state index contributed by atoms with van der Waals surface area (Å²) in [6.45, 7) is 2.44. The number of nitrogens with two attached hydrogens (primary N) is 1. The zero-order valence-corrected chi connectivity index (χ0v) is 24.6. The van der Waals surface area contributed by atoms with Gasteiger partial charge in [-0.25, -0.2) is 0 Å². The number of carbonyl (C=O) groups is 6. The molecule has 0 spiro atoms. The van der Waals surface area contributed by atoms with E-state index in [1.54, 1.807) is 22.6 Å². The van der Waals surface area contributed by atoms with Crippen LogP contribution in [0.5, 0.6) is 0 Å². The molecule has 186 valence electrons. The smallest absolute Gasteiger partial charge is 0.303 e. The highest BCUT2D eigenvalue weighted by Crippen LogP contribution is 2.35. The van der Waals surface area contributed by atoms with Gasteiger partial charge in [0.1, 0.15) is 6.61 Å². The Bertz CT molecular complexity index is 1030. The average Bonchev–Trinajstić information content (AvgIpc) is 2.70. The summed E-state index contributed by atoms with van der Waals surface area (Å²) in [6, 6.07) is 0. The van der Waals surface area contributed by atoms with Gasteiger partial charge in [0.25, 0.3) is 17.7 Å². The van der Waals surface area contributed by atoms with Crippen LogP contribution in [-0.2, 0) is 33.4 Å². The Hall–Kier alpha value is -1.77. The Balaban J connectivity index is 3.30. The molecule has 0 radical (unpaired) electrons. The van der Waals surface area contributed by atoms with Crippen molar-refractivity contribution in [1.29, 1.82) is 0 Å². The molecule has 0 heterocycles. The van der Waals surface area contributed by atoms with Gasteiger partial charge >= 0.3 is 17.9 Å². The van der Waals surface area contributed by atoms with E-state index >= 15 is 0 Å². The molecule has 1 rings (SSSR count). The van der Waals surface area contributed by atoms with Gasteiger partial charge < -0.3 is 30.6 Å². The van der Waals surface area contributed by atoms with Crippen LogP contribution in [0.3, 0.4) is 0 Å². The lowest BCUT2D eigenvalue weighted by Gasteiger charge is -2.20. The quantitative estimate of drug-likeness (QED) is 0.179. The average molecular weight is 815 g/mol. The number of esters is 3. The third kappa shape index (κ3) is 9.12. The van der Waals surface area contributed by atoms with Crippen LogP contribution in [0.2, 0.25) is 0 Å². The monoisotopic (exact) mass is 815 g/mol. The minimum absolute atomic E-state index is 0.00556. The van der Waals surface area contributed by atoms with Crippen molar-refractivity contribution < 1.29 is 43.0 Å². The van der Waals surface area contributed by atoms with Crippen molar-refractivity contribution in [3.8, 4) is 0 Å². The van der Waals surface area contributed by atoms with Crippen molar-refractivity contribution in [1.82, 2.24) is 5.32 Å². The number of rotatable bonds is 10. The predicted molar refractivity (Wildman–Crippen MR) is 143 cm³/mol. The third-order valence-corrected chi connectivity index (χ3v) is 6.99. The first-order valence-corrected chi connectivity index (χ1v) is 12.5. The van der Waals surface area contributed by atoms with Gasteiger partial charge in [-0.1, -0.05) is 0 Å². The van der Waals surface area contributed by atoms with E-state index in [1.165, 1.54) is 6.92 Å². The molecule has 0 fully saturated rings. The molecule has 1 unspecified atom stereocenters. The van der Waals surface area contributed by atoms with E-state index in [0.717, 1.165) is 13.8 Å². The summed E-state index contributed by atoms with van der Waals surface area (Å²) in [5.74, 6) is -4.07. The second kappa shape index (κ2) is 14.0. The van der Waals surface area contributed by atoms with Crippen LogP contribution < -0.4 is 16.4 Å². The molecule has 0 aromatic heterocycles. The summed E-state index contributed by atoms with van der Waals surface area (Å²) in [4.78, 5) is 70.7. The molecule has 0 saturated carbocycles. The van der Waals surface area contributed by atoms with Crippen molar-refractivity contribution in [2.24, 2.45) is 5.73 Å². The van der Waals surface area contributed by atoms with Crippen LogP contribution in [0, 0.1) is 10.7 Å². The first-order valence-electron chi connectivity index (χ1n) is 9.28. The minimum Gasteiger partial charge on any atom is -0.462 e. The van der Waals surface area contributed by atoms with E-state index < -0.39 is 48.3 Å². The van der Waals surface area contributed by atoms with E-state index in [-0.39, 0.29) is 37.1 Å². The molecule has 0 aliphatic carbocycles. The summed E-state index contributed by atoms with van der Waals surface area (Å²) >= 11 is 5.43. The number of amides is 3.